The van der Waals surface area contributed by atoms with Gasteiger partial charge in [0.15, 0.2) is 13.1 Å². The Morgan fingerprint density at radius 1 is 1.00 bits per heavy atom. The first kappa shape index (κ1) is 29.4. The van der Waals surface area contributed by atoms with Gasteiger partial charge in [0.25, 0.3) is 0 Å². The Kier molecular flexibility index (Phi) is 11.6. The Hall–Kier alpha value is -0.880. The van der Waals surface area contributed by atoms with Gasteiger partial charge in [0.2, 0.25) is 13.3 Å². The number of ether oxygens (including phenoxy) is 2. The minimum absolute atomic E-state index is 0.0984. The smallest absolute Gasteiger partial charge is 0.455 e. The molecule has 0 spiro atoms. The van der Waals surface area contributed by atoms with Crippen molar-refractivity contribution in [1.29, 1.82) is 0 Å². The molecule has 15 heteroatoms. The summed E-state index contributed by atoms with van der Waals surface area (Å²) in [6.45, 7) is 7.42. The van der Waals surface area contributed by atoms with Crippen molar-refractivity contribution in [3.8, 4) is 0 Å². The van der Waals surface area contributed by atoms with Gasteiger partial charge in [-0.3, -0.25) is 32.2 Å². The Morgan fingerprint density at radius 2 is 1.62 bits per heavy atom. The minimum atomic E-state index is -3.80. The fraction of sp³-hybridized carbons (Fsp3) is 0.895. The number of hydrogen-bond donors (Lipinski definition) is 1. The predicted octanol–water partition coefficient (Wildman–Crippen LogP) is 2.79. The summed E-state index contributed by atoms with van der Waals surface area (Å²) >= 11 is 0. The normalized spacial score (nSPS) is 25.9. The molecule has 2 aliphatic rings. The molecule has 0 aromatic carbocycles. The average molecular weight is 531 g/mol. The minimum Gasteiger partial charge on any atom is -0.455 e. The maximum absolute atomic E-state index is 12.8. The quantitative estimate of drug-likeness (QED) is 0.0778. The van der Waals surface area contributed by atoms with E-state index in [4.69, 9.17) is 37.3 Å². The number of amides is 1. The molecule has 2 heterocycles. The molecule has 0 aromatic rings. The predicted molar refractivity (Wildman–Crippen MR) is 118 cm³/mol. The van der Waals surface area contributed by atoms with Crippen LogP contribution in [0.2, 0.25) is 0 Å². The van der Waals surface area contributed by atoms with Crippen LogP contribution < -0.4 is 5.32 Å². The van der Waals surface area contributed by atoms with Gasteiger partial charge in [-0.2, -0.15) is 0 Å². The summed E-state index contributed by atoms with van der Waals surface area (Å²) < 4.78 is 56.0. The Morgan fingerprint density at radius 3 is 2.21 bits per heavy atom. The highest BCUT2D eigenvalue weighted by Gasteiger charge is 2.56. The van der Waals surface area contributed by atoms with Crippen LogP contribution in [0.4, 0.5) is 0 Å². The van der Waals surface area contributed by atoms with E-state index in [2.05, 4.69) is 5.32 Å². The standard InChI is InChI=1S/C19H35NO12P2/c1-6-27-34(24,28-7-2)29-10-20-18(21)16-14-8-9-15(31-14)17(16)19(22)25-12-33(5,23)30-11-26-32-13(3)4/h13-17H,6-12H2,1-5H3,(H,20,21). The topological polar surface area (TPSA) is 154 Å². The molecule has 5 atom stereocenters. The molecule has 1 N–H and O–H groups in total. The molecule has 2 aliphatic heterocycles. The van der Waals surface area contributed by atoms with Gasteiger partial charge in [-0.1, -0.05) is 0 Å². The van der Waals surface area contributed by atoms with Gasteiger partial charge in [0.1, 0.15) is 6.73 Å². The van der Waals surface area contributed by atoms with Crippen LogP contribution in [0.15, 0.2) is 0 Å². The first-order chi connectivity index (χ1) is 16.0. The van der Waals surface area contributed by atoms with Gasteiger partial charge in [-0.15, -0.1) is 0 Å². The Bertz CT molecular complexity index is 768. The van der Waals surface area contributed by atoms with Crippen molar-refractivity contribution in [3.05, 3.63) is 0 Å². The highest BCUT2D eigenvalue weighted by molar-refractivity contribution is 7.57. The zero-order valence-corrected chi connectivity index (χ0v) is 21.9. The summed E-state index contributed by atoms with van der Waals surface area (Å²) in [6.07, 6.45) is -0.462. The first-order valence-corrected chi connectivity index (χ1v) is 14.9. The number of rotatable bonds is 16. The third-order valence-electron chi connectivity index (χ3n) is 4.97. The molecule has 13 nitrogen and oxygen atoms in total. The van der Waals surface area contributed by atoms with Crippen LogP contribution in [-0.4, -0.2) is 69.9 Å². The second kappa shape index (κ2) is 13.4. The van der Waals surface area contributed by atoms with Crippen molar-refractivity contribution in [2.45, 2.75) is 58.8 Å². The molecular formula is C19H35NO12P2. The summed E-state index contributed by atoms with van der Waals surface area (Å²) in [7, 11) is -7.13. The second-order valence-electron chi connectivity index (χ2n) is 8.06. The van der Waals surface area contributed by atoms with Crippen LogP contribution in [0.5, 0.6) is 0 Å². The molecule has 2 rings (SSSR count). The van der Waals surface area contributed by atoms with Gasteiger partial charge in [-0.05, 0) is 40.5 Å². The van der Waals surface area contributed by atoms with Gasteiger partial charge in [-0.25, -0.2) is 14.3 Å². The van der Waals surface area contributed by atoms with Crippen LogP contribution in [-0.2, 0) is 56.1 Å². The monoisotopic (exact) mass is 531 g/mol. The highest BCUT2D eigenvalue weighted by Crippen LogP contribution is 2.49. The Labute approximate surface area is 199 Å². The van der Waals surface area contributed by atoms with Crippen molar-refractivity contribution in [2.24, 2.45) is 11.8 Å². The molecule has 0 radical (unpaired) electrons. The molecule has 0 aliphatic carbocycles. The van der Waals surface area contributed by atoms with E-state index >= 15 is 0 Å². The van der Waals surface area contributed by atoms with E-state index in [9.17, 15) is 18.7 Å². The zero-order chi connectivity index (χ0) is 25.4. The van der Waals surface area contributed by atoms with Gasteiger partial charge in [0.05, 0.1) is 43.4 Å². The summed E-state index contributed by atoms with van der Waals surface area (Å²) in [5.41, 5.74) is 0. The maximum atomic E-state index is 12.8. The second-order valence-corrected chi connectivity index (χ2v) is 12.3. The molecule has 2 bridgehead atoms. The van der Waals surface area contributed by atoms with Gasteiger partial charge >= 0.3 is 13.8 Å². The summed E-state index contributed by atoms with van der Waals surface area (Å²) in [5, 5.41) is 2.49. The number of nitrogens with one attached hydrogen (secondary N) is 1. The number of carbonyl (C=O) groups is 2. The highest BCUT2D eigenvalue weighted by atomic mass is 31.2. The maximum Gasteiger partial charge on any atom is 0.476 e. The SMILES string of the molecule is CCOP(=O)(OCC)OCNC(=O)C1C2CCC(O2)C1C(=O)OCP(C)(=O)OCOOC(C)C. The lowest BCUT2D eigenvalue weighted by Gasteiger charge is -2.26. The van der Waals surface area contributed by atoms with E-state index < -0.39 is 64.2 Å². The lowest BCUT2D eigenvalue weighted by Crippen LogP contribution is -2.44. The van der Waals surface area contributed by atoms with Gasteiger partial charge < -0.3 is 14.8 Å². The average Bonchev–Trinajstić information content (AvgIpc) is 3.37. The molecule has 0 saturated carbocycles. The lowest BCUT2D eigenvalue weighted by atomic mass is 9.78. The summed E-state index contributed by atoms with van der Waals surface area (Å²) in [4.78, 5) is 35.2. The summed E-state index contributed by atoms with van der Waals surface area (Å²) in [5.74, 6) is -2.96. The first-order valence-electron chi connectivity index (χ1n) is 11.1. The Balaban J connectivity index is 1.89. The summed E-state index contributed by atoms with van der Waals surface area (Å²) in [6, 6.07) is 0. The van der Waals surface area contributed by atoms with E-state index in [0.717, 1.165) is 0 Å². The third-order valence-corrected chi connectivity index (χ3v) is 7.81. The van der Waals surface area contributed by atoms with E-state index in [0.29, 0.717) is 12.8 Å². The molecule has 1 amide bonds. The number of phosphoric acid groups is 1. The van der Waals surface area contributed by atoms with Crippen LogP contribution in [0.1, 0.15) is 40.5 Å². The van der Waals surface area contributed by atoms with E-state index in [1.165, 1.54) is 6.66 Å². The fourth-order valence-corrected chi connectivity index (χ4v) is 5.43. The van der Waals surface area contributed by atoms with Crippen molar-refractivity contribution in [2.75, 3.05) is 39.8 Å². The molecule has 2 fully saturated rings. The van der Waals surface area contributed by atoms with E-state index in [-0.39, 0.29) is 26.1 Å². The van der Waals surface area contributed by atoms with E-state index in [1.807, 2.05) is 0 Å². The fourth-order valence-electron chi connectivity index (χ4n) is 3.65. The number of esters is 1. The van der Waals surface area contributed by atoms with Gasteiger partial charge in [0, 0.05) is 6.66 Å². The largest absolute Gasteiger partial charge is 0.476 e. The molecular weight excluding hydrogens is 496 g/mol. The number of carbonyl (C=O) groups excluding carboxylic acids is 2. The zero-order valence-electron chi connectivity index (χ0n) is 20.1. The van der Waals surface area contributed by atoms with Crippen LogP contribution in [0.3, 0.4) is 0 Å². The molecule has 34 heavy (non-hydrogen) atoms. The molecule has 5 unspecified atom stereocenters. The number of fused-ring (bicyclic) bond motifs is 2. The molecule has 198 valence electrons. The lowest BCUT2D eigenvalue weighted by molar-refractivity contribution is -0.342. The van der Waals surface area contributed by atoms with Crippen molar-refractivity contribution >= 4 is 27.1 Å². The van der Waals surface area contributed by atoms with Crippen LogP contribution in [0, 0.1) is 11.8 Å². The van der Waals surface area contributed by atoms with Crippen molar-refractivity contribution < 1.29 is 56.1 Å². The number of phosphoric ester groups is 1. The van der Waals surface area contributed by atoms with Crippen molar-refractivity contribution in [1.82, 2.24) is 5.32 Å². The van der Waals surface area contributed by atoms with Crippen LogP contribution in [0.25, 0.3) is 0 Å². The third kappa shape index (κ3) is 8.65. The molecule has 2 saturated heterocycles. The van der Waals surface area contributed by atoms with Crippen molar-refractivity contribution in [3.63, 3.8) is 0 Å². The van der Waals surface area contributed by atoms with Crippen LogP contribution >= 0.6 is 15.2 Å². The number of hydrogen-bond acceptors (Lipinski definition) is 12. The van der Waals surface area contributed by atoms with E-state index in [1.54, 1.807) is 27.7 Å². The molecule has 0 aromatic heterocycles.